The van der Waals surface area contributed by atoms with Crippen LogP contribution in [0.2, 0.25) is 0 Å². The average Bonchev–Trinajstić information content (AvgIpc) is 2.15. The third-order valence-corrected chi connectivity index (χ3v) is 1.85. The van der Waals surface area contributed by atoms with Gasteiger partial charge in [0.05, 0.1) is 6.10 Å². The van der Waals surface area contributed by atoms with E-state index in [-0.39, 0.29) is 17.7 Å². The summed E-state index contributed by atoms with van der Waals surface area (Å²) in [6.07, 6.45) is 2.75. The van der Waals surface area contributed by atoms with Crippen LogP contribution < -0.4 is 5.32 Å². The van der Waals surface area contributed by atoms with Gasteiger partial charge in [-0.3, -0.25) is 0 Å². The van der Waals surface area contributed by atoms with Gasteiger partial charge in [0.15, 0.2) is 11.6 Å². The Balaban J connectivity index is 2.28. The molecule has 1 atom stereocenters. The quantitative estimate of drug-likeness (QED) is 0.709. The van der Waals surface area contributed by atoms with E-state index in [1.165, 1.54) is 6.07 Å². The van der Waals surface area contributed by atoms with Crippen LogP contribution in [0.25, 0.3) is 0 Å². The Morgan fingerprint density at radius 1 is 1.64 bits per heavy atom. The Morgan fingerprint density at radius 3 is 3.07 bits per heavy atom. The zero-order valence-electron chi connectivity index (χ0n) is 8.20. The first-order valence-electron chi connectivity index (χ1n) is 4.72. The first kappa shape index (κ1) is 10.9. The molecule has 0 bridgehead atoms. The molecule has 2 N–H and O–H groups in total. The zero-order chi connectivity index (χ0) is 10.4. The lowest BCUT2D eigenvalue weighted by atomic mass is 10.2. The van der Waals surface area contributed by atoms with Gasteiger partial charge in [0.2, 0.25) is 0 Å². The van der Waals surface area contributed by atoms with Gasteiger partial charge in [-0.1, -0.05) is 0 Å². The standard InChI is InChI=1S/C10H15FN2O/c1-8(14)4-2-6-12-10-9(11)5-3-7-13-10/h3,5,7-8,14H,2,4,6H2,1H3,(H,12,13). The van der Waals surface area contributed by atoms with E-state index in [2.05, 4.69) is 10.3 Å². The number of nitrogens with one attached hydrogen (secondary N) is 1. The summed E-state index contributed by atoms with van der Waals surface area (Å²) < 4.78 is 13.0. The normalized spacial score (nSPS) is 12.5. The van der Waals surface area contributed by atoms with Gasteiger partial charge in [-0.15, -0.1) is 0 Å². The number of halogens is 1. The number of aromatic nitrogens is 1. The molecule has 0 saturated carbocycles. The van der Waals surface area contributed by atoms with Crippen molar-refractivity contribution in [1.29, 1.82) is 0 Å². The van der Waals surface area contributed by atoms with Crippen LogP contribution in [-0.4, -0.2) is 22.7 Å². The Bertz CT molecular complexity index is 279. The first-order valence-corrected chi connectivity index (χ1v) is 4.72. The fourth-order valence-electron chi connectivity index (χ4n) is 1.12. The van der Waals surface area contributed by atoms with E-state index in [9.17, 15) is 4.39 Å². The second kappa shape index (κ2) is 5.54. The number of nitrogens with zero attached hydrogens (tertiary/aromatic N) is 1. The topological polar surface area (TPSA) is 45.1 Å². The molecule has 78 valence electrons. The van der Waals surface area contributed by atoms with E-state index >= 15 is 0 Å². The van der Waals surface area contributed by atoms with Gasteiger partial charge in [0, 0.05) is 12.7 Å². The molecule has 1 heterocycles. The van der Waals surface area contributed by atoms with Crippen molar-refractivity contribution < 1.29 is 9.50 Å². The summed E-state index contributed by atoms with van der Waals surface area (Å²) >= 11 is 0. The van der Waals surface area contributed by atoms with Crippen LogP contribution in [0.15, 0.2) is 18.3 Å². The number of aliphatic hydroxyl groups is 1. The lowest BCUT2D eigenvalue weighted by molar-refractivity contribution is 0.183. The molecule has 4 heteroatoms. The molecule has 0 aliphatic rings. The van der Waals surface area contributed by atoms with Crippen molar-refractivity contribution in [2.75, 3.05) is 11.9 Å². The van der Waals surface area contributed by atoms with Crippen LogP contribution >= 0.6 is 0 Å². The molecule has 0 aliphatic heterocycles. The number of aliphatic hydroxyl groups excluding tert-OH is 1. The Morgan fingerprint density at radius 2 is 2.43 bits per heavy atom. The van der Waals surface area contributed by atoms with E-state index in [1.54, 1.807) is 19.2 Å². The lowest BCUT2D eigenvalue weighted by Gasteiger charge is -2.06. The highest BCUT2D eigenvalue weighted by molar-refractivity contribution is 5.35. The minimum absolute atomic E-state index is 0.276. The number of rotatable bonds is 5. The fraction of sp³-hybridized carbons (Fsp3) is 0.500. The molecule has 3 nitrogen and oxygen atoms in total. The molecular weight excluding hydrogens is 183 g/mol. The monoisotopic (exact) mass is 198 g/mol. The smallest absolute Gasteiger partial charge is 0.165 e. The molecule has 1 aromatic heterocycles. The highest BCUT2D eigenvalue weighted by Gasteiger charge is 2.00. The number of pyridine rings is 1. The molecule has 14 heavy (non-hydrogen) atoms. The van der Waals surface area contributed by atoms with E-state index in [0.717, 1.165) is 6.42 Å². The SMILES string of the molecule is CC(O)CCCNc1ncccc1F. The summed E-state index contributed by atoms with van der Waals surface area (Å²) in [5.74, 6) is -0.0670. The van der Waals surface area contributed by atoms with Crippen molar-refractivity contribution in [2.24, 2.45) is 0 Å². The first-order chi connectivity index (χ1) is 6.70. The van der Waals surface area contributed by atoms with Crippen LogP contribution in [0, 0.1) is 5.82 Å². The average molecular weight is 198 g/mol. The third-order valence-electron chi connectivity index (χ3n) is 1.85. The maximum absolute atomic E-state index is 13.0. The Hall–Kier alpha value is -1.16. The predicted octanol–water partition coefficient (Wildman–Crippen LogP) is 1.79. The lowest BCUT2D eigenvalue weighted by Crippen LogP contribution is -2.08. The van der Waals surface area contributed by atoms with Crippen LogP contribution in [0.3, 0.4) is 0 Å². The van der Waals surface area contributed by atoms with E-state index in [4.69, 9.17) is 5.11 Å². The molecule has 0 fully saturated rings. The van der Waals surface area contributed by atoms with Crippen molar-refractivity contribution in [3.8, 4) is 0 Å². The van der Waals surface area contributed by atoms with Gasteiger partial charge < -0.3 is 10.4 Å². The van der Waals surface area contributed by atoms with Crippen LogP contribution in [0.1, 0.15) is 19.8 Å². The van der Waals surface area contributed by atoms with Crippen molar-refractivity contribution in [2.45, 2.75) is 25.9 Å². The largest absolute Gasteiger partial charge is 0.393 e. The molecule has 0 amide bonds. The van der Waals surface area contributed by atoms with Crippen LogP contribution in [0.5, 0.6) is 0 Å². The molecule has 1 rings (SSSR count). The van der Waals surface area contributed by atoms with Gasteiger partial charge in [-0.25, -0.2) is 9.37 Å². The van der Waals surface area contributed by atoms with Crippen LogP contribution in [-0.2, 0) is 0 Å². The maximum Gasteiger partial charge on any atom is 0.165 e. The molecule has 0 spiro atoms. The summed E-state index contributed by atoms with van der Waals surface area (Å²) in [6.45, 7) is 2.36. The minimum Gasteiger partial charge on any atom is -0.393 e. The molecule has 1 aromatic rings. The molecule has 0 radical (unpaired) electrons. The zero-order valence-corrected chi connectivity index (χ0v) is 8.20. The van der Waals surface area contributed by atoms with Crippen molar-refractivity contribution in [3.05, 3.63) is 24.1 Å². The van der Waals surface area contributed by atoms with Gasteiger partial charge in [0.1, 0.15) is 0 Å². The van der Waals surface area contributed by atoms with Gasteiger partial charge in [-0.2, -0.15) is 0 Å². The molecule has 0 aromatic carbocycles. The number of hydrogen-bond acceptors (Lipinski definition) is 3. The van der Waals surface area contributed by atoms with Crippen molar-refractivity contribution >= 4 is 5.82 Å². The molecular formula is C10H15FN2O. The maximum atomic E-state index is 13.0. The summed E-state index contributed by atoms with van der Waals surface area (Å²) in [5, 5.41) is 11.9. The fourth-order valence-corrected chi connectivity index (χ4v) is 1.12. The second-order valence-electron chi connectivity index (χ2n) is 3.25. The summed E-state index contributed by atoms with van der Waals surface area (Å²) in [5.41, 5.74) is 0. The molecule has 0 saturated heterocycles. The van der Waals surface area contributed by atoms with Crippen molar-refractivity contribution in [3.63, 3.8) is 0 Å². The number of hydrogen-bond donors (Lipinski definition) is 2. The summed E-state index contributed by atoms with van der Waals surface area (Å²) in [7, 11) is 0. The Labute approximate surface area is 83.0 Å². The van der Waals surface area contributed by atoms with E-state index < -0.39 is 0 Å². The predicted molar refractivity (Wildman–Crippen MR) is 53.6 cm³/mol. The molecule has 0 aliphatic carbocycles. The van der Waals surface area contributed by atoms with Crippen LogP contribution in [0.4, 0.5) is 10.2 Å². The highest BCUT2D eigenvalue weighted by atomic mass is 19.1. The third kappa shape index (κ3) is 3.70. The minimum atomic E-state index is -0.343. The van der Waals surface area contributed by atoms with Crippen molar-refractivity contribution in [1.82, 2.24) is 4.98 Å². The van der Waals surface area contributed by atoms with E-state index in [0.29, 0.717) is 13.0 Å². The second-order valence-corrected chi connectivity index (χ2v) is 3.25. The summed E-state index contributed by atoms with van der Waals surface area (Å²) in [6, 6.07) is 2.92. The van der Waals surface area contributed by atoms with Gasteiger partial charge in [-0.05, 0) is 31.9 Å². The molecule has 1 unspecified atom stereocenters. The van der Waals surface area contributed by atoms with E-state index in [1.807, 2.05) is 0 Å². The summed E-state index contributed by atoms with van der Waals surface area (Å²) in [4.78, 5) is 3.85. The van der Waals surface area contributed by atoms with Gasteiger partial charge in [0.25, 0.3) is 0 Å². The number of anilines is 1. The highest BCUT2D eigenvalue weighted by Crippen LogP contribution is 2.08. The van der Waals surface area contributed by atoms with Gasteiger partial charge >= 0.3 is 0 Å². The Kier molecular flexibility index (Phi) is 4.32.